The van der Waals surface area contributed by atoms with E-state index in [2.05, 4.69) is 24.0 Å². The molecule has 0 aromatic heterocycles. The lowest BCUT2D eigenvalue weighted by Gasteiger charge is -2.24. The Morgan fingerprint density at radius 2 is 1.94 bits per heavy atom. The van der Waals surface area contributed by atoms with Gasteiger partial charge in [0.05, 0.1) is 0 Å². The number of thioether (sulfide) groups is 1. The molecular formula is C14H20FNS. The molecule has 0 aliphatic carbocycles. The number of hydrogen-bond acceptors (Lipinski definition) is 2. The highest BCUT2D eigenvalue weighted by atomic mass is 32.2. The molecule has 1 N–H and O–H groups in total. The zero-order chi connectivity index (χ0) is 12.1. The summed E-state index contributed by atoms with van der Waals surface area (Å²) >= 11 is 2.06. The molecule has 1 aliphatic rings. The first-order valence-corrected chi connectivity index (χ1v) is 7.48. The molecule has 1 unspecified atom stereocenters. The van der Waals surface area contributed by atoms with Gasteiger partial charge >= 0.3 is 0 Å². The molecule has 17 heavy (non-hydrogen) atoms. The Morgan fingerprint density at radius 1 is 1.29 bits per heavy atom. The molecule has 1 nitrogen and oxygen atoms in total. The Labute approximate surface area is 107 Å². The first-order valence-electron chi connectivity index (χ1n) is 6.32. The third-order valence-electron chi connectivity index (χ3n) is 3.42. The molecule has 0 spiro atoms. The highest BCUT2D eigenvalue weighted by Crippen LogP contribution is 2.23. The SMILES string of the molecule is CC(NCC1CCSCC1)c1ccc(F)cc1. The molecule has 0 amide bonds. The molecule has 94 valence electrons. The normalized spacial score (nSPS) is 19.2. The van der Waals surface area contributed by atoms with Crippen molar-refractivity contribution in [3.05, 3.63) is 35.6 Å². The Balaban J connectivity index is 1.80. The van der Waals surface area contributed by atoms with E-state index in [-0.39, 0.29) is 5.82 Å². The summed E-state index contributed by atoms with van der Waals surface area (Å²) in [7, 11) is 0. The lowest BCUT2D eigenvalue weighted by molar-refractivity contribution is 0.421. The van der Waals surface area contributed by atoms with E-state index in [9.17, 15) is 4.39 Å². The largest absolute Gasteiger partial charge is 0.310 e. The van der Waals surface area contributed by atoms with Crippen LogP contribution in [0.4, 0.5) is 4.39 Å². The second-order valence-corrected chi connectivity index (χ2v) is 5.96. The van der Waals surface area contributed by atoms with Gasteiger partial charge < -0.3 is 5.32 Å². The van der Waals surface area contributed by atoms with Crippen LogP contribution >= 0.6 is 11.8 Å². The molecule has 1 atom stereocenters. The van der Waals surface area contributed by atoms with Crippen molar-refractivity contribution in [1.82, 2.24) is 5.32 Å². The minimum atomic E-state index is -0.162. The maximum absolute atomic E-state index is 12.8. The summed E-state index contributed by atoms with van der Waals surface area (Å²) in [6, 6.07) is 7.10. The highest BCUT2D eigenvalue weighted by Gasteiger charge is 2.14. The maximum atomic E-state index is 12.8. The van der Waals surface area contributed by atoms with Gasteiger partial charge in [0.1, 0.15) is 5.82 Å². The van der Waals surface area contributed by atoms with Crippen molar-refractivity contribution in [2.45, 2.75) is 25.8 Å². The summed E-state index contributed by atoms with van der Waals surface area (Å²) in [6.45, 7) is 3.23. The van der Waals surface area contributed by atoms with E-state index in [1.165, 1.54) is 36.5 Å². The summed E-state index contributed by atoms with van der Waals surface area (Å²) in [5.74, 6) is 3.26. The van der Waals surface area contributed by atoms with Gasteiger partial charge in [-0.2, -0.15) is 11.8 Å². The van der Waals surface area contributed by atoms with Crippen LogP contribution in [-0.4, -0.2) is 18.1 Å². The second kappa shape index (κ2) is 6.41. The molecule has 1 aromatic carbocycles. The third-order valence-corrected chi connectivity index (χ3v) is 4.47. The average molecular weight is 253 g/mol. The molecule has 0 radical (unpaired) electrons. The summed E-state index contributed by atoms with van der Waals surface area (Å²) in [4.78, 5) is 0. The molecule has 1 fully saturated rings. The van der Waals surface area contributed by atoms with Gasteiger partial charge in [0, 0.05) is 6.04 Å². The maximum Gasteiger partial charge on any atom is 0.123 e. The predicted octanol–water partition coefficient (Wildman–Crippen LogP) is 3.62. The summed E-state index contributed by atoms with van der Waals surface area (Å²) in [5.41, 5.74) is 1.16. The van der Waals surface area contributed by atoms with Gasteiger partial charge in [-0.15, -0.1) is 0 Å². The van der Waals surface area contributed by atoms with E-state index >= 15 is 0 Å². The number of rotatable bonds is 4. The van der Waals surface area contributed by atoms with Crippen LogP contribution in [0.25, 0.3) is 0 Å². The van der Waals surface area contributed by atoms with Crippen molar-refractivity contribution in [2.24, 2.45) is 5.92 Å². The molecule has 0 saturated carbocycles. The molecule has 1 saturated heterocycles. The molecule has 0 bridgehead atoms. The summed E-state index contributed by atoms with van der Waals surface area (Å²) in [6.07, 6.45) is 2.65. The van der Waals surface area contributed by atoms with E-state index in [1.54, 1.807) is 0 Å². The molecule has 1 heterocycles. The van der Waals surface area contributed by atoms with Crippen LogP contribution in [0.1, 0.15) is 31.4 Å². The van der Waals surface area contributed by atoms with Crippen molar-refractivity contribution in [3.8, 4) is 0 Å². The van der Waals surface area contributed by atoms with E-state index in [4.69, 9.17) is 0 Å². The summed E-state index contributed by atoms with van der Waals surface area (Å²) in [5, 5.41) is 3.56. The minimum absolute atomic E-state index is 0.162. The van der Waals surface area contributed by atoms with Crippen molar-refractivity contribution in [1.29, 1.82) is 0 Å². The fourth-order valence-electron chi connectivity index (χ4n) is 2.16. The van der Waals surface area contributed by atoms with Crippen LogP contribution in [0, 0.1) is 11.7 Å². The van der Waals surface area contributed by atoms with E-state index in [1.807, 2.05) is 12.1 Å². The Kier molecular flexibility index (Phi) is 4.86. The first-order chi connectivity index (χ1) is 8.25. The van der Waals surface area contributed by atoms with Crippen molar-refractivity contribution in [3.63, 3.8) is 0 Å². The van der Waals surface area contributed by atoms with Gasteiger partial charge in [0.25, 0.3) is 0 Å². The molecule has 2 rings (SSSR count). The van der Waals surface area contributed by atoms with Crippen LogP contribution in [0.5, 0.6) is 0 Å². The van der Waals surface area contributed by atoms with Gasteiger partial charge in [-0.25, -0.2) is 4.39 Å². The van der Waals surface area contributed by atoms with Gasteiger partial charge in [0.2, 0.25) is 0 Å². The highest BCUT2D eigenvalue weighted by molar-refractivity contribution is 7.99. The first kappa shape index (κ1) is 12.9. The molecule has 1 aromatic rings. The topological polar surface area (TPSA) is 12.0 Å². The molecule has 1 aliphatic heterocycles. The van der Waals surface area contributed by atoms with Crippen LogP contribution in [0.2, 0.25) is 0 Å². The zero-order valence-electron chi connectivity index (χ0n) is 10.3. The Hall–Kier alpha value is -0.540. The van der Waals surface area contributed by atoms with Crippen LogP contribution in [-0.2, 0) is 0 Å². The van der Waals surface area contributed by atoms with Crippen molar-refractivity contribution in [2.75, 3.05) is 18.1 Å². The lowest BCUT2D eigenvalue weighted by Crippen LogP contribution is -2.28. The summed E-state index contributed by atoms with van der Waals surface area (Å²) < 4.78 is 12.8. The molecule has 3 heteroatoms. The van der Waals surface area contributed by atoms with Gasteiger partial charge in [-0.3, -0.25) is 0 Å². The van der Waals surface area contributed by atoms with E-state index in [0.717, 1.165) is 18.0 Å². The quantitative estimate of drug-likeness (QED) is 0.879. The van der Waals surface area contributed by atoms with Gasteiger partial charge in [0.15, 0.2) is 0 Å². The van der Waals surface area contributed by atoms with Crippen molar-refractivity contribution < 1.29 is 4.39 Å². The smallest absolute Gasteiger partial charge is 0.123 e. The Bertz CT molecular complexity index is 333. The minimum Gasteiger partial charge on any atom is -0.310 e. The predicted molar refractivity (Wildman–Crippen MR) is 72.9 cm³/mol. The fraction of sp³-hybridized carbons (Fsp3) is 0.571. The standard InChI is InChI=1S/C14H20FNS/c1-11(13-2-4-14(15)5-3-13)16-10-12-6-8-17-9-7-12/h2-5,11-12,16H,6-10H2,1H3. The van der Waals surface area contributed by atoms with Crippen LogP contribution in [0.15, 0.2) is 24.3 Å². The third kappa shape index (κ3) is 4.00. The van der Waals surface area contributed by atoms with E-state index in [0.29, 0.717) is 6.04 Å². The van der Waals surface area contributed by atoms with Gasteiger partial charge in [-0.05, 0) is 61.4 Å². The number of benzene rings is 1. The number of nitrogens with one attached hydrogen (secondary N) is 1. The van der Waals surface area contributed by atoms with Crippen molar-refractivity contribution >= 4 is 11.8 Å². The zero-order valence-corrected chi connectivity index (χ0v) is 11.1. The van der Waals surface area contributed by atoms with Crippen LogP contribution in [0.3, 0.4) is 0 Å². The fourth-order valence-corrected chi connectivity index (χ4v) is 3.37. The molecular weight excluding hydrogens is 233 g/mol. The number of halogens is 1. The lowest BCUT2D eigenvalue weighted by atomic mass is 10.0. The second-order valence-electron chi connectivity index (χ2n) is 4.74. The average Bonchev–Trinajstić information content (AvgIpc) is 2.38. The Morgan fingerprint density at radius 3 is 2.59 bits per heavy atom. The monoisotopic (exact) mass is 253 g/mol. The number of hydrogen-bond donors (Lipinski definition) is 1. The van der Waals surface area contributed by atoms with Gasteiger partial charge in [-0.1, -0.05) is 12.1 Å². The van der Waals surface area contributed by atoms with E-state index < -0.39 is 0 Å². The van der Waals surface area contributed by atoms with Crippen LogP contribution < -0.4 is 5.32 Å².